The number of para-hydroxylation sites is 1. The predicted molar refractivity (Wildman–Crippen MR) is 95.2 cm³/mol. The lowest BCUT2D eigenvalue weighted by molar-refractivity contribution is 0.471. The molecule has 0 N–H and O–H groups in total. The van der Waals surface area contributed by atoms with E-state index in [1.165, 1.54) is 0 Å². The molecule has 0 aliphatic heterocycles. The molecule has 0 saturated heterocycles. The third-order valence-electron chi connectivity index (χ3n) is 3.58. The van der Waals surface area contributed by atoms with Gasteiger partial charge in [-0.2, -0.15) is 0 Å². The SMILES string of the molecule is CC(C)Cn1c(S(=O)Cc2ccccn2)nc2ccccc2c1=O. The van der Waals surface area contributed by atoms with Gasteiger partial charge in [0.1, 0.15) is 0 Å². The molecule has 3 rings (SSSR count). The summed E-state index contributed by atoms with van der Waals surface area (Å²) in [6, 6.07) is 12.7. The lowest BCUT2D eigenvalue weighted by Gasteiger charge is -2.14. The first-order valence-electron chi connectivity index (χ1n) is 7.84. The van der Waals surface area contributed by atoms with Gasteiger partial charge in [-0.1, -0.05) is 32.0 Å². The van der Waals surface area contributed by atoms with E-state index >= 15 is 0 Å². The van der Waals surface area contributed by atoms with Crippen LogP contribution < -0.4 is 5.56 Å². The van der Waals surface area contributed by atoms with Gasteiger partial charge in [-0.25, -0.2) is 4.98 Å². The normalized spacial score (nSPS) is 12.6. The molecule has 0 aliphatic rings. The zero-order valence-electron chi connectivity index (χ0n) is 13.7. The highest BCUT2D eigenvalue weighted by Gasteiger charge is 2.17. The Balaban J connectivity index is 2.11. The van der Waals surface area contributed by atoms with Crippen molar-refractivity contribution in [2.24, 2.45) is 5.92 Å². The predicted octanol–water partition coefficient (Wildman–Crippen LogP) is 2.76. The maximum absolute atomic E-state index is 12.9. The Labute approximate surface area is 142 Å². The Morgan fingerprint density at radius 2 is 1.88 bits per heavy atom. The van der Waals surface area contributed by atoms with E-state index in [1.54, 1.807) is 22.9 Å². The number of benzene rings is 1. The first kappa shape index (κ1) is 16.5. The van der Waals surface area contributed by atoms with Gasteiger partial charge in [0.15, 0.2) is 0 Å². The molecular weight excluding hydrogens is 322 g/mol. The van der Waals surface area contributed by atoms with Crippen molar-refractivity contribution in [3.8, 4) is 0 Å². The van der Waals surface area contributed by atoms with Crippen LogP contribution in [0.5, 0.6) is 0 Å². The molecule has 0 bridgehead atoms. The van der Waals surface area contributed by atoms with Crippen molar-refractivity contribution >= 4 is 21.7 Å². The molecule has 1 unspecified atom stereocenters. The molecule has 1 aromatic carbocycles. The van der Waals surface area contributed by atoms with Crippen molar-refractivity contribution in [1.29, 1.82) is 0 Å². The number of aromatic nitrogens is 3. The zero-order valence-corrected chi connectivity index (χ0v) is 14.5. The van der Waals surface area contributed by atoms with E-state index in [0.29, 0.717) is 28.3 Å². The molecule has 0 amide bonds. The van der Waals surface area contributed by atoms with Gasteiger partial charge in [0.05, 0.1) is 33.1 Å². The minimum atomic E-state index is -1.44. The van der Waals surface area contributed by atoms with Crippen molar-refractivity contribution in [1.82, 2.24) is 14.5 Å². The topological polar surface area (TPSA) is 64.8 Å². The number of hydrogen-bond donors (Lipinski definition) is 0. The maximum Gasteiger partial charge on any atom is 0.262 e. The molecule has 3 aromatic rings. The van der Waals surface area contributed by atoms with Crippen molar-refractivity contribution in [2.75, 3.05) is 0 Å². The van der Waals surface area contributed by atoms with E-state index in [2.05, 4.69) is 9.97 Å². The molecule has 0 radical (unpaired) electrons. The van der Waals surface area contributed by atoms with Crippen LogP contribution in [0.25, 0.3) is 10.9 Å². The molecule has 24 heavy (non-hydrogen) atoms. The van der Waals surface area contributed by atoms with Crippen LogP contribution in [0, 0.1) is 5.92 Å². The fraction of sp³-hybridized carbons (Fsp3) is 0.278. The standard InChI is InChI=1S/C18H19N3O2S/c1-13(2)11-21-17(22)15-8-3-4-9-16(15)20-18(21)24(23)12-14-7-5-6-10-19-14/h3-10,13H,11-12H2,1-2H3. The van der Waals surface area contributed by atoms with E-state index in [4.69, 9.17) is 0 Å². The van der Waals surface area contributed by atoms with Crippen molar-refractivity contribution in [2.45, 2.75) is 31.3 Å². The second-order valence-corrected chi connectivity index (χ2v) is 7.38. The third-order valence-corrected chi connectivity index (χ3v) is 4.86. The Kier molecular flexibility index (Phi) is 4.85. The average Bonchev–Trinajstić information content (AvgIpc) is 2.58. The Hall–Kier alpha value is -2.34. The highest BCUT2D eigenvalue weighted by molar-refractivity contribution is 7.84. The molecule has 0 saturated carbocycles. The van der Waals surface area contributed by atoms with Gasteiger partial charge in [-0.05, 0) is 30.2 Å². The zero-order chi connectivity index (χ0) is 17.1. The first-order valence-corrected chi connectivity index (χ1v) is 9.16. The molecule has 2 heterocycles. The Morgan fingerprint density at radius 3 is 2.58 bits per heavy atom. The summed E-state index contributed by atoms with van der Waals surface area (Å²) in [6.07, 6.45) is 1.67. The average molecular weight is 341 g/mol. The van der Waals surface area contributed by atoms with Gasteiger partial charge >= 0.3 is 0 Å². The quantitative estimate of drug-likeness (QED) is 0.669. The molecule has 5 nitrogen and oxygen atoms in total. The summed E-state index contributed by atoms with van der Waals surface area (Å²) in [4.78, 5) is 21.5. The summed E-state index contributed by atoms with van der Waals surface area (Å²) in [5.74, 6) is 0.486. The van der Waals surface area contributed by atoms with Crippen LogP contribution in [-0.2, 0) is 23.1 Å². The van der Waals surface area contributed by atoms with Gasteiger partial charge < -0.3 is 0 Å². The van der Waals surface area contributed by atoms with Crippen LogP contribution in [0.1, 0.15) is 19.5 Å². The maximum atomic E-state index is 12.9. The largest absolute Gasteiger partial charge is 0.285 e. The molecule has 1 atom stereocenters. The summed E-state index contributed by atoms with van der Waals surface area (Å²) in [6.45, 7) is 4.53. The summed E-state index contributed by atoms with van der Waals surface area (Å²) >= 11 is 0. The number of nitrogens with zero attached hydrogens (tertiary/aromatic N) is 3. The van der Waals surface area contributed by atoms with E-state index in [0.717, 1.165) is 0 Å². The molecule has 0 spiro atoms. The minimum Gasteiger partial charge on any atom is -0.285 e. The van der Waals surface area contributed by atoms with Crippen LogP contribution in [0.2, 0.25) is 0 Å². The van der Waals surface area contributed by atoms with Gasteiger partial charge in [-0.3, -0.25) is 18.6 Å². The van der Waals surface area contributed by atoms with Crippen LogP contribution >= 0.6 is 0 Å². The van der Waals surface area contributed by atoms with Crippen LogP contribution in [0.15, 0.2) is 58.6 Å². The third kappa shape index (κ3) is 3.43. The van der Waals surface area contributed by atoms with E-state index < -0.39 is 10.8 Å². The van der Waals surface area contributed by atoms with Gasteiger partial charge in [-0.15, -0.1) is 0 Å². The van der Waals surface area contributed by atoms with Gasteiger partial charge in [0.2, 0.25) is 5.16 Å². The molecule has 6 heteroatoms. The molecule has 124 valence electrons. The molecule has 2 aromatic heterocycles. The van der Waals surface area contributed by atoms with Gasteiger partial charge in [0, 0.05) is 12.7 Å². The lowest BCUT2D eigenvalue weighted by atomic mass is 10.2. The van der Waals surface area contributed by atoms with Crippen LogP contribution in [0.3, 0.4) is 0 Å². The van der Waals surface area contributed by atoms with Crippen molar-refractivity contribution in [3.63, 3.8) is 0 Å². The van der Waals surface area contributed by atoms with E-state index in [1.807, 2.05) is 44.2 Å². The highest BCUT2D eigenvalue weighted by Crippen LogP contribution is 2.14. The van der Waals surface area contributed by atoms with Crippen molar-refractivity contribution in [3.05, 3.63) is 64.7 Å². The fourth-order valence-corrected chi connectivity index (χ4v) is 3.70. The minimum absolute atomic E-state index is 0.140. The van der Waals surface area contributed by atoms with Crippen LogP contribution in [-0.4, -0.2) is 18.7 Å². The lowest BCUT2D eigenvalue weighted by Crippen LogP contribution is -2.28. The molecule has 0 fully saturated rings. The highest BCUT2D eigenvalue weighted by atomic mass is 32.2. The Bertz CT molecular complexity index is 936. The van der Waals surface area contributed by atoms with Gasteiger partial charge in [0.25, 0.3) is 5.56 Å². The summed E-state index contributed by atoms with van der Waals surface area (Å²) in [5, 5.41) is 0.870. The number of rotatable bonds is 5. The number of hydrogen-bond acceptors (Lipinski definition) is 4. The first-order chi connectivity index (χ1) is 11.6. The van der Waals surface area contributed by atoms with Crippen molar-refractivity contribution < 1.29 is 4.21 Å². The van der Waals surface area contributed by atoms with Crippen LogP contribution in [0.4, 0.5) is 0 Å². The monoisotopic (exact) mass is 341 g/mol. The van der Waals surface area contributed by atoms with E-state index in [9.17, 15) is 9.00 Å². The fourth-order valence-electron chi connectivity index (χ4n) is 2.53. The number of fused-ring (bicyclic) bond motifs is 1. The summed E-state index contributed by atoms with van der Waals surface area (Å²) < 4.78 is 14.4. The van der Waals surface area contributed by atoms with E-state index in [-0.39, 0.29) is 17.2 Å². The summed E-state index contributed by atoms with van der Waals surface area (Å²) in [5.41, 5.74) is 1.15. The molecular formula is C18H19N3O2S. The second-order valence-electron chi connectivity index (χ2n) is 6.03. The Morgan fingerprint density at radius 1 is 1.12 bits per heavy atom. The number of pyridine rings is 1. The summed E-state index contributed by atoms with van der Waals surface area (Å²) in [7, 11) is -1.44. The molecule has 0 aliphatic carbocycles. The second kappa shape index (κ2) is 7.05. The smallest absolute Gasteiger partial charge is 0.262 e.